The van der Waals surface area contributed by atoms with Crippen molar-refractivity contribution in [2.75, 3.05) is 5.73 Å². The SMILES string of the molecule is CC(C)(C)c1cc(C(F)(F)F)c(N)c(C(F)(F)F)c1. The van der Waals surface area contributed by atoms with Gasteiger partial charge in [-0.2, -0.15) is 26.3 Å². The largest absolute Gasteiger partial charge is 0.418 e. The molecule has 0 saturated carbocycles. The maximum Gasteiger partial charge on any atom is 0.418 e. The highest BCUT2D eigenvalue weighted by atomic mass is 19.4. The molecule has 2 N–H and O–H groups in total. The Bertz CT molecular complexity index is 443. The Morgan fingerprint density at radius 3 is 1.32 bits per heavy atom. The van der Waals surface area contributed by atoms with Crippen LogP contribution >= 0.6 is 0 Å². The molecule has 0 aliphatic rings. The molecule has 0 fully saturated rings. The van der Waals surface area contributed by atoms with Crippen molar-refractivity contribution in [3.05, 3.63) is 28.8 Å². The fourth-order valence-corrected chi connectivity index (χ4v) is 1.56. The molecule has 1 aromatic carbocycles. The second-order valence-corrected chi connectivity index (χ2v) is 5.23. The van der Waals surface area contributed by atoms with Gasteiger partial charge in [-0.25, -0.2) is 0 Å². The Balaban J connectivity index is 3.68. The van der Waals surface area contributed by atoms with Gasteiger partial charge in [-0.05, 0) is 23.1 Å². The van der Waals surface area contributed by atoms with Crippen molar-refractivity contribution in [1.82, 2.24) is 0 Å². The van der Waals surface area contributed by atoms with E-state index in [0.29, 0.717) is 12.1 Å². The molecule has 0 aliphatic carbocycles. The first-order valence-electron chi connectivity index (χ1n) is 5.33. The van der Waals surface area contributed by atoms with Gasteiger partial charge in [-0.1, -0.05) is 20.8 Å². The van der Waals surface area contributed by atoms with Crippen LogP contribution in [0, 0.1) is 0 Å². The average molecular weight is 285 g/mol. The molecule has 0 unspecified atom stereocenters. The van der Waals surface area contributed by atoms with Crippen LogP contribution in [0.1, 0.15) is 37.5 Å². The molecular weight excluding hydrogens is 272 g/mol. The van der Waals surface area contributed by atoms with Crippen LogP contribution in [0.2, 0.25) is 0 Å². The topological polar surface area (TPSA) is 26.0 Å². The Kier molecular flexibility index (Phi) is 3.56. The van der Waals surface area contributed by atoms with Gasteiger partial charge in [0.25, 0.3) is 0 Å². The average Bonchev–Trinajstić information content (AvgIpc) is 2.11. The number of benzene rings is 1. The summed E-state index contributed by atoms with van der Waals surface area (Å²) in [5, 5.41) is 0. The van der Waals surface area contributed by atoms with Crippen molar-refractivity contribution in [3.8, 4) is 0 Å². The molecule has 0 amide bonds. The minimum Gasteiger partial charge on any atom is -0.398 e. The second kappa shape index (κ2) is 4.31. The third-order valence-corrected chi connectivity index (χ3v) is 2.66. The molecule has 0 atom stereocenters. The summed E-state index contributed by atoms with van der Waals surface area (Å²) >= 11 is 0. The minimum atomic E-state index is -4.93. The van der Waals surface area contributed by atoms with Gasteiger partial charge in [0.1, 0.15) is 0 Å². The predicted octanol–water partition coefficient (Wildman–Crippen LogP) is 4.60. The van der Waals surface area contributed by atoms with E-state index in [2.05, 4.69) is 0 Å². The zero-order chi connectivity index (χ0) is 15.2. The van der Waals surface area contributed by atoms with Gasteiger partial charge in [0.05, 0.1) is 16.8 Å². The van der Waals surface area contributed by atoms with Gasteiger partial charge in [0, 0.05) is 0 Å². The molecule has 0 spiro atoms. The number of hydrogen-bond donors (Lipinski definition) is 1. The second-order valence-electron chi connectivity index (χ2n) is 5.23. The Morgan fingerprint density at radius 2 is 1.11 bits per heavy atom. The summed E-state index contributed by atoms with van der Waals surface area (Å²) in [5.74, 6) is 0. The third-order valence-electron chi connectivity index (χ3n) is 2.66. The molecule has 0 saturated heterocycles. The van der Waals surface area contributed by atoms with Crippen LogP contribution in [-0.2, 0) is 17.8 Å². The Hall–Kier alpha value is -1.40. The van der Waals surface area contributed by atoms with Crippen molar-refractivity contribution < 1.29 is 26.3 Å². The van der Waals surface area contributed by atoms with E-state index < -0.39 is 34.6 Å². The van der Waals surface area contributed by atoms with Crippen LogP contribution < -0.4 is 5.73 Å². The maximum absolute atomic E-state index is 12.7. The molecule has 0 heterocycles. The summed E-state index contributed by atoms with van der Waals surface area (Å²) in [6.07, 6.45) is -9.85. The Labute approximate surface area is 106 Å². The van der Waals surface area contributed by atoms with E-state index in [4.69, 9.17) is 5.73 Å². The highest BCUT2D eigenvalue weighted by Gasteiger charge is 2.41. The fraction of sp³-hybridized carbons (Fsp3) is 0.500. The molecule has 1 aromatic rings. The van der Waals surface area contributed by atoms with Crippen molar-refractivity contribution in [2.45, 2.75) is 38.5 Å². The third kappa shape index (κ3) is 3.33. The number of halogens is 6. The van der Waals surface area contributed by atoms with Gasteiger partial charge >= 0.3 is 12.4 Å². The molecule has 0 aromatic heterocycles. The lowest BCUT2D eigenvalue weighted by Gasteiger charge is -2.24. The predicted molar refractivity (Wildman–Crippen MR) is 59.6 cm³/mol. The molecule has 7 heteroatoms. The molecule has 0 radical (unpaired) electrons. The van der Waals surface area contributed by atoms with Crippen LogP contribution in [-0.4, -0.2) is 0 Å². The Morgan fingerprint density at radius 1 is 0.789 bits per heavy atom. The van der Waals surface area contributed by atoms with E-state index in [1.807, 2.05) is 0 Å². The van der Waals surface area contributed by atoms with Crippen LogP contribution in [0.15, 0.2) is 12.1 Å². The zero-order valence-electron chi connectivity index (χ0n) is 10.5. The van der Waals surface area contributed by atoms with Gasteiger partial charge in [0.2, 0.25) is 0 Å². The lowest BCUT2D eigenvalue weighted by molar-refractivity contribution is -0.141. The van der Waals surface area contributed by atoms with Crippen molar-refractivity contribution in [2.24, 2.45) is 0 Å². The first-order valence-corrected chi connectivity index (χ1v) is 5.33. The molecule has 0 bridgehead atoms. The number of nitrogens with two attached hydrogens (primary N) is 1. The van der Waals surface area contributed by atoms with Crippen LogP contribution in [0.25, 0.3) is 0 Å². The molecule has 1 rings (SSSR count). The summed E-state index contributed by atoms with van der Waals surface area (Å²) in [7, 11) is 0. The van der Waals surface area contributed by atoms with E-state index in [9.17, 15) is 26.3 Å². The maximum atomic E-state index is 12.7. The van der Waals surface area contributed by atoms with Gasteiger partial charge in [0.15, 0.2) is 0 Å². The smallest absolute Gasteiger partial charge is 0.398 e. The quantitative estimate of drug-likeness (QED) is 0.547. The van der Waals surface area contributed by atoms with E-state index in [0.717, 1.165) is 0 Å². The molecule has 19 heavy (non-hydrogen) atoms. The molecule has 108 valence electrons. The lowest BCUT2D eigenvalue weighted by atomic mass is 9.84. The first kappa shape index (κ1) is 15.7. The number of rotatable bonds is 0. The first-order chi connectivity index (χ1) is 8.24. The highest BCUT2D eigenvalue weighted by Crippen LogP contribution is 2.43. The van der Waals surface area contributed by atoms with E-state index >= 15 is 0 Å². The standard InChI is InChI=1S/C12H13F6N/c1-10(2,3)6-4-7(11(13,14)15)9(19)8(5-6)12(16,17)18/h4-5H,19H2,1-3H3. The monoisotopic (exact) mass is 285 g/mol. The molecule has 0 aliphatic heterocycles. The summed E-state index contributed by atoms with van der Waals surface area (Å²) in [5.41, 5.74) is -0.0814. The minimum absolute atomic E-state index is 0.0682. The summed E-state index contributed by atoms with van der Waals surface area (Å²) < 4.78 is 76.4. The van der Waals surface area contributed by atoms with Crippen molar-refractivity contribution in [3.63, 3.8) is 0 Å². The number of nitrogen functional groups attached to an aromatic ring is 1. The fourth-order valence-electron chi connectivity index (χ4n) is 1.56. The normalized spacial score (nSPS) is 13.7. The van der Waals surface area contributed by atoms with E-state index in [1.165, 1.54) is 20.8 Å². The van der Waals surface area contributed by atoms with Crippen molar-refractivity contribution >= 4 is 5.69 Å². The lowest BCUT2D eigenvalue weighted by Crippen LogP contribution is -2.20. The zero-order valence-corrected chi connectivity index (χ0v) is 10.5. The van der Waals surface area contributed by atoms with Crippen LogP contribution in [0.3, 0.4) is 0 Å². The summed E-state index contributed by atoms with van der Waals surface area (Å²) in [6, 6.07) is 1.34. The summed E-state index contributed by atoms with van der Waals surface area (Å²) in [4.78, 5) is 0. The van der Waals surface area contributed by atoms with E-state index in [-0.39, 0.29) is 5.56 Å². The molecular formula is C12H13F6N. The van der Waals surface area contributed by atoms with Gasteiger partial charge in [-0.15, -0.1) is 0 Å². The van der Waals surface area contributed by atoms with E-state index in [1.54, 1.807) is 0 Å². The van der Waals surface area contributed by atoms with Crippen LogP contribution in [0.4, 0.5) is 32.0 Å². The highest BCUT2D eigenvalue weighted by molar-refractivity contribution is 5.59. The van der Waals surface area contributed by atoms with Gasteiger partial charge in [-0.3, -0.25) is 0 Å². The van der Waals surface area contributed by atoms with Gasteiger partial charge < -0.3 is 5.73 Å². The number of anilines is 1. The number of alkyl halides is 6. The number of hydrogen-bond acceptors (Lipinski definition) is 1. The van der Waals surface area contributed by atoms with Crippen LogP contribution in [0.5, 0.6) is 0 Å². The van der Waals surface area contributed by atoms with Crippen molar-refractivity contribution in [1.29, 1.82) is 0 Å². The molecule has 1 nitrogen and oxygen atoms in total. The summed E-state index contributed by atoms with van der Waals surface area (Å²) in [6.45, 7) is 4.58.